The van der Waals surface area contributed by atoms with Crippen LogP contribution in [0.15, 0.2) is 40.8 Å². The molecular formula is C18H23NO2. The lowest BCUT2D eigenvalue weighted by Gasteiger charge is -2.07. The smallest absolute Gasteiger partial charge is 0.123 e. The monoisotopic (exact) mass is 285 g/mol. The van der Waals surface area contributed by atoms with E-state index < -0.39 is 0 Å². The first-order valence-electron chi connectivity index (χ1n) is 7.81. The molecule has 0 aliphatic heterocycles. The average molecular weight is 285 g/mol. The van der Waals surface area contributed by atoms with Crippen LogP contribution in [-0.4, -0.2) is 6.61 Å². The van der Waals surface area contributed by atoms with Crippen LogP contribution in [0.3, 0.4) is 0 Å². The summed E-state index contributed by atoms with van der Waals surface area (Å²) in [4.78, 5) is 0. The van der Waals surface area contributed by atoms with E-state index in [9.17, 15) is 0 Å². The van der Waals surface area contributed by atoms with Gasteiger partial charge in [0.25, 0.3) is 0 Å². The van der Waals surface area contributed by atoms with Gasteiger partial charge in [0.05, 0.1) is 13.2 Å². The summed E-state index contributed by atoms with van der Waals surface area (Å²) >= 11 is 0. The van der Waals surface area contributed by atoms with Gasteiger partial charge in [-0.1, -0.05) is 13.8 Å². The Kier molecular flexibility index (Phi) is 4.18. The topological polar surface area (TPSA) is 34.4 Å². The number of hydrogen-bond donors (Lipinski definition) is 1. The van der Waals surface area contributed by atoms with Crippen LogP contribution in [0.25, 0.3) is 0 Å². The molecular weight excluding hydrogens is 262 g/mol. The number of benzene rings is 1. The number of nitrogens with one attached hydrogen (secondary N) is 1. The molecule has 3 rings (SSSR count). The lowest BCUT2D eigenvalue weighted by molar-refractivity contribution is 0.317. The average Bonchev–Trinajstić information content (AvgIpc) is 3.05. The van der Waals surface area contributed by atoms with Crippen molar-refractivity contribution in [1.82, 2.24) is 0 Å². The quantitative estimate of drug-likeness (QED) is 0.793. The van der Waals surface area contributed by atoms with Crippen LogP contribution in [0.4, 0.5) is 5.69 Å². The Morgan fingerprint density at radius 1 is 1.19 bits per heavy atom. The molecule has 1 N–H and O–H groups in total. The Morgan fingerprint density at radius 2 is 1.95 bits per heavy atom. The van der Waals surface area contributed by atoms with Crippen LogP contribution in [0.2, 0.25) is 0 Å². The van der Waals surface area contributed by atoms with Gasteiger partial charge in [0, 0.05) is 11.6 Å². The third kappa shape index (κ3) is 3.60. The van der Waals surface area contributed by atoms with Crippen molar-refractivity contribution in [3.05, 3.63) is 47.9 Å². The molecule has 0 bridgehead atoms. The fourth-order valence-corrected chi connectivity index (χ4v) is 2.49. The van der Waals surface area contributed by atoms with Crippen molar-refractivity contribution in [2.75, 3.05) is 11.9 Å². The molecule has 1 aliphatic carbocycles. The lowest BCUT2D eigenvalue weighted by atomic mass is 10.3. The van der Waals surface area contributed by atoms with Crippen molar-refractivity contribution in [3.8, 4) is 5.75 Å². The van der Waals surface area contributed by atoms with Gasteiger partial charge < -0.3 is 14.5 Å². The van der Waals surface area contributed by atoms with Gasteiger partial charge in [0.15, 0.2) is 0 Å². The van der Waals surface area contributed by atoms with Crippen LogP contribution in [0.5, 0.6) is 5.75 Å². The van der Waals surface area contributed by atoms with Gasteiger partial charge >= 0.3 is 0 Å². The van der Waals surface area contributed by atoms with E-state index in [1.807, 2.05) is 24.3 Å². The second kappa shape index (κ2) is 6.25. The van der Waals surface area contributed by atoms with Crippen LogP contribution < -0.4 is 10.1 Å². The lowest BCUT2D eigenvalue weighted by Crippen LogP contribution is -1.99. The first kappa shape index (κ1) is 14.1. The zero-order chi connectivity index (χ0) is 14.7. The van der Waals surface area contributed by atoms with Crippen molar-refractivity contribution >= 4 is 5.69 Å². The summed E-state index contributed by atoms with van der Waals surface area (Å²) < 4.78 is 11.5. The highest BCUT2D eigenvalue weighted by Crippen LogP contribution is 2.47. The molecule has 0 spiro atoms. The maximum atomic E-state index is 5.89. The molecule has 2 unspecified atom stereocenters. The molecule has 2 atom stereocenters. The Balaban J connectivity index is 1.51. The van der Waals surface area contributed by atoms with Crippen LogP contribution in [0.1, 0.15) is 44.1 Å². The molecule has 2 aromatic rings. The molecule has 0 radical (unpaired) electrons. The van der Waals surface area contributed by atoms with Crippen molar-refractivity contribution < 1.29 is 9.15 Å². The summed E-state index contributed by atoms with van der Waals surface area (Å²) in [6.07, 6.45) is 2.29. The molecule has 3 nitrogen and oxygen atoms in total. The standard InChI is InChI=1S/C18H23NO2/c1-3-10-20-15-6-4-14(5-7-15)19-12-16-8-9-18(21-16)17-11-13(17)2/h4-9,13,17,19H,3,10-12H2,1-2H3. The van der Waals surface area contributed by atoms with Gasteiger partial charge in [-0.25, -0.2) is 0 Å². The molecule has 1 heterocycles. The summed E-state index contributed by atoms with van der Waals surface area (Å²) in [5.74, 6) is 4.49. The van der Waals surface area contributed by atoms with Crippen LogP contribution in [-0.2, 0) is 6.54 Å². The molecule has 1 fully saturated rings. The van der Waals surface area contributed by atoms with E-state index in [1.54, 1.807) is 0 Å². The summed E-state index contributed by atoms with van der Waals surface area (Å²) in [6, 6.07) is 12.3. The summed E-state index contributed by atoms with van der Waals surface area (Å²) in [6.45, 7) is 5.86. The molecule has 3 heteroatoms. The summed E-state index contributed by atoms with van der Waals surface area (Å²) in [5, 5.41) is 3.38. The largest absolute Gasteiger partial charge is 0.494 e. The third-order valence-electron chi connectivity index (χ3n) is 3.95. The van der Waals surface area contributed by atoms with Crippen LogP contribution in [0, 0.1) is 5.92 Å². The van der Waals surface area contributed by atoms with Gasteiger partial charge in [-0.3, -0.25) is 0 Å². The molecule has 1 aromatic heterocycles. The molecule has 112 valence electrons. The molecule has 0 amide bonds. The van der Waals surface area contributed by atoms with Crippen molar-refractivity contribution in [1.29, 1.82) is 0 Å². The number of rotatable bonds is 7. The van der Waals surface area contributed by atoms with E-state index in [-0.39, 0.29) is 0 Å². The van der Waals surface area contributed by atoms with Crippen molar-refractivity contribution in [2.45, 2.75) is 39.2 Å². The Hall–Kier alpha value is -1.90. The van der Waals surface area contributed by atoms with Gasteiger partial charge in [-0.05, 0) is 55.2 Å². The highest BCUT2D eigenvalue weighted by Gasteiger charge is 2.36. The second-order valence-corrected chi connectivity index (χ2v) is 5.85. The second-order valence-electron chi connectivity index (χ2n) is 5.85. The maximum Gasteiger partial charge on any atom is 0.123 e. The predicted molar refractivity (Wildman–Crippen MR) is 84.8 cm³/mol. The number of ether oxygens (including phenoxy) is 1. The highest BCUT2D eigenvalue weighted by molar-refractivity contribution is 5.46. The molecule has 0 saturated heterocycles. The Morgan fingerprint density at radius 3 is 2.62 bits per heavy atom. The molecule has 1 saturated carbocycles. The Labute approximate surface area is 126 Å². The van der Waals surface area contributed by atoms with E-state index in [2.05, 4.69) is 31.3 Å². The maximum absolute atomic E-state index is 5.89. The van der Waals surface area contributed by atoms with Gasteiger partial charge in [-0.2, -0.15) is 0 Å². The minimum absolute atomic E-state index is 0.647. The molecule has 1 aliphatic rings. The van der Waals surface area contributed by atoms with Crippen molar-refractivity contribution in [2.24, 2.45) is 5.92 Å². The number of anilines is 1. The minimum Gasteiger partial charge on any atom is -0.494 e. The number of hydrogen-bond acceptors (Lipinski definition) is 3. The van der Waals surface area contributed by atoms with Gasteiger partial charge in [-0.15, -0.1) is 0 Å². The van der Waals surface area contributed by atoms with E-state index in [4.69, 9.17) is 9.15 Å². The third-order valence-corrected chi connectivity index (χ3v) is 3.95. The van der Waals surface area contributed by atoms with E-state index >= 15 is 0 Å². The SMILES string of the molecule is CCCOc1ccc(NCc2ccc(C3CC3C)o2)cc1. The molecule has 21 heavy (non-hydrogen) atoms. The van der Waals surface area contributed by atoms with Gasteiger partial charge in [0.1, 0.15) is 17.3 Å². The van der Waals surface area contributed by atoms with E-state index in [1.165, 1.54) is 6.42 Å². The zero-order valence-electron chi connectivity index (χ0n) is 12.8. The summed E-state index contributed by atoms with van der Waals surface area (Å²) in [7, 11) is 0. The predicted octanol–water partition coefficient (Wildman–Crippen LogP) is 4.80. The minimum atomic E-state index is 0.647. The first-order chi connectivity index (χ1) is 10.3. The first-order valence-corrected chi connectivity index (χ1v) is 7.81. The van der Waals surface area contributed by atoms with E-state index in [0.29, 0.717) is 5.92 Å². The fraction of sp³-hybridized carbons (Fsp3) is 0.444. The zero-order valence-corrected chi connectivity index (χ0v) is 12.8. The van der Waals surface area contributed by atoms with Crippen molar-refractivity contribution in [3.63, 3.8) is 0 Å². The number of furan rings is 1. The van der Waals surface area contributed by atoms with Crippen LogP contribution >= 0.6 is 0 Å². The Bertz CT molecular complexity index is 573. The highest BCUT2D eigenvalue weighted by atomic mass is 16.5. The van der Waals surface area contributed by atoms with Gasteiger partial charge in [0.2, 0.25) is 0 Å². The molecule has 1 aromatic carbocycles. The normalized spacial score (nSPS) is 20.3. The fourth-order valence-electron chi connectivity index (χ4n) is 2.49. The summed E-state index contributed by atoms with van der Waals surface area (Å²) in [5.41, 5.74) is 1.08. The van der Waals surface area contributed by atoms with E-state index in [0.717, 1.165) is 48.4 Å².